The average Bonchev–Trinajstić information content (AvgIpc) is 1.41. The number of benzene rings is 6. The Morgan fingerprint density at radius 2 is 0.874 bits per heavy atom. The second kappa shape index (κ2) is 53.6. The van der Waals surface area contributed by atoms with Crippen LogP contribution < -0.4 is 31.2 Å². The fourth-order valence-corrected chi connectivity index (χ4v) is 11.6. The number of imide groups is 2. The fourth-order valence-electron chi connectivity index (χ4n) is 9.26. The third kappa shape index (κ3) is 34.0. The number of nitro benzene ring substituents is 8. The van der Waals surface area contributed by atoms with Gasteiger partial charge in [0, 0.05) is 219 Å². The maximum atomic E-state index is 12.2. The number of aryl methyl sites for hydroxylation is 1. The van der Waals surface area contributed by atoms with Gasteiger partial charge in [-0.1, -0.05) is 88.5 Å². The van der Waals surface area contributed by atoms with Crippen LogP contribution in [0.4, 0.5) is 45.5 Å². The molecular formula is C75H79BrN16O28Si2Y5. The molecule has 4 amide bonds. The van der Waals surface area contributed by atoms with Crippen LogP contribution in [-0.2, 0) is 197 Å². The predicted octanol–water partition coefficient (Wildman–Crippen LogP) is 13.8. The molecule has 0 unspecified atom stereocenters. The molecule has 0 atom stereocenters. The number of carbonyl (C=O) groups is 5. The molecule has 2 aliphatic heterocycles. The van der Waals surface area contributed by atoms with E-state index in [9.17, 15) is 110 Å². The van der Waals surface area contributed by atoms with Crippen molar-refractivity contribution in [3.05, 3.63) is 325 Å². The average molecular weight is 2230 g/mol. The number of nitrogens with two attached hydrogens (primary N) is 2. The number of esters is 1. The van der Waals surface area contributed by atoms with E-state index in [0.29, 0.717) is 36.0 Å². The summed E-state index contributed by atoms with van der Waals surface area (Å²) in [5.74, 6) is 5.57. The number of non-ortho nitro benzene ring substituents is 4. The largest absolute Gasteiger partial charge is 0.868 e. The molecule has 6 heterocycles. The van der Waals surface area contributed by atoms with E-state index in [4.69, 9.17) is 30.6 Å². The summed E-state index contributed by atoms with van der Waals surface area (Å²) in [7, 11) is -1.88. The third-order valence-corrected chi connectivity index (χ3v) is 27.7. The number of nitrogen functional groups attached to an aromatic ring is 1. The minimum Gasteiger partial charge on any atom is -0.868 e. The number of aromatic nitrogens is 4. The molecule has 52 heteroatoms. The zero-order valence-corrected chi connectivity index (χ0v) is 87.5. The molecule has 5 N–H and O–H groups in total. The molecule has 2 aliphatic rings. The third-order valence-electron chi connectivity index (χ3n) is 18.1. The summed E-state index contributed by atoms with van der Waals surface area (Å²) in [6, 6.07) is 35.5. The summed E-state index contributed by atoms with van der Waals surface area (Å²) in [4.78, 5) is 148. The van der Waals surface area contributed by atoms with Crippen molar-refractivity contribution in [2.75, 3.05) is 13.0 Å². The number of hydrogen-bond donors (Lipinski definition) is 3. The number of amides is 4. The zero-order chi connectivity index (χ0) is 91.6. The van der Waals surface area contributed by atoms with Gasteiger partial charge in [0.2, 0.25) is 11.5 Å². The van der Waals surface area contributed by atoms with E-state index in [1.807, 2.05) is 67.4 Å². The van der Waals surface area contributed by atoms with Crippen LogP contribution >= 0.6 is 15.9 Å². The first-order valence-electron chi connectivity index (χ1n) is 35.2. The first-order chi connectivity index (χ1) is 57.0. The van der Waals surface area contributed by atoms with Crippen LogP contribution in [0.5, 0.6) is 17.2 Å². The van der Waals surface area contributed by atoms with Crippen LogP contribution in [0.15, 0.2) is 199 Å². The molecule has 44 nitrogen and oxygen atoms in total. The maximum absolute atomic E-state index is 12.2. The Balaban J connectivity index is 0.00000143. The fraction of sp³-hybridized carbons (Fsp3) is 0.227. The Kier molecular flexibility index (Phi) is 49.7. The standard InChI is InChI=1S/C14H7N3O7.C12H23N2OSi.C12H21NOSi.C11H12N2O2.C8H5NO3.C6H3BrN2O4.C6H5N3O5.C6H4N2O5.5Y/c18-13-9-3-1-2-4-10(9)14(19)15(13)24-12-6-5-8(16(20)21)7-11(12)17(22)23;1-12(2,3)16(4,5)15-10-11-6-8-14(13)9-7-11;1-12(2,3)15(4,5)14-10-11-6-8-13-9-7-11;1-3-8-4-5-13-10(6-8)9(7-12-13)11(14)15-2;10-7-5-3-1-2-4-6(5)8(11)9(7)12;7-5-2-1-4(8(10)11)3-6(5)9(12)13;7-14-6-2-1-4(8(10)11)3-5(6)9(12)13;9-6-2-1-4(7(10)11)3-5(6)8(12)13;;;;;/h1-7H;6-9H,10,13H2,1-5H3;6-9H,10H2,1-5H3;4-7H,3H2,1-2H3;1-4,12H;1-3H;1-3H,7H2;1-3,9H;;;;;/q;+1;;;;;;;;;;;/p-1. The first kappa shape index (κ1) is 118. The van der Waals surface area contributed by atoms with Crippen LogP contribution in [-0.4, -0.2) is 123 Å². The molecule has 0 saturated heterocycles. The molecule has 4 aromatic heterocycles. The molecule has 657 valence electrons. The normalized spacial score (nSPS) is 11.3. The predicted molar refractivity (Wildman–Crippen MR) is 438 cm³/mol. The van der Waals surface area contributed by atoms with Crippen LogP contribution in [0.3, 0.4) is 0 Å². The molecule has 5 radical (unpaired) electrons. The molecular weight excluding hydrogens is 2150 g/mol. The van der Waals surface area contributed by atoms with Crippen molar-refractivity contribution in [2.24, 2.45) is 5.90 Å². The van der Waals surface area contributed by atoms with Gasteiger partial charge in [-0.25, -0.2) is 15.2 Å². The van der Waals surface area contributed by atoms with Crippen molar-refractivity contribution in [1.82, 2.24) is 24.7 Å². The number of methoxy groups -OCH3 is 1. The number of carbonyl (C=O) groups excluding carboxylic acids is 5. The number of hydroxylamine groups is 4. The number of halogens is 1. The van der Waals surface area contributed by atoms with Gasteiger partial charge < -0.3 is 28.4 Å². The summed E-state index contributed by atoms with van der Waals surface area (Å²) in [6.07, 6.45) is 11.6. The Bertz CT molecular complexity index is 5470. The minimum absolute atomic E-state index is 0. The number of pyridine rings is 3. The van der Waals surface area contributed by atoms with Gasteiger partial charge in [-0.05, 0) is 148 Å². The molecule has 0 fully saturated rings. The molecule has 0 saturated carbocycles. The summed E-state index contributed by atoms with van der Waals surface area (Å²) >= 11 is 2.92. The van der Waals surface area contributed by atoms with Gasteiger partial charge in [0.25, 0.3) is 57.8 Å². The Morgan fingerprint density at radius 1 is 0.504 bits per heavy atom. The molecule has 12 rings (SSSR count). The molecule has 0 aliphatic carbocycles. The minimum atomic E-state index is -1.64. The second-order valence-electron chi connectivity index (χ2n) is 28.2. The Hall–Kier alpha value is -9.27. The Morgan fingerprint density at radius 3 is 1.26 bits per heavy atom. The molecule has 6 aromatic carbocycles. The van der Waals surface area contributed by atoms with E-state index in [2.05, 4.69) is 110 Å². The summed E-state index contributed by atoms with van der Waals surface area (Å²) < 4.78 is 20.3. The van der Waals surface area contributed by atoms with Crippen molar-refractivity contribution < 1.29 is 265 Å². The SMILES string of the molecule is CC(C)(C)[Si](C)(C)OCc1cc[n+](N)cc1.CC(C)(C)[Si](C)(C)OCc1ccncc1.CCc1ccn2ncc(C(=O)OC)c2c1.NOc1ccc([N+](=O)[O-])cc1[N+](=O)[O-].O=C1c2ccccc2C(=O)N1O.O=C1c2ccccc2C(=O)N1Oc1ccc([N+](=O)[O-])cc1[N+](=O)[O-].O=[N+]([O-])c1ccc(Br)c([N+](=O)[O-])c1.O=[N+]([O-])c1ccc([O-])c([N+](=O)[O-])c1.[Y].[Y].[Y].[Y].[Y]. The van der Waals surface area contributed by atoms with E-state index >= 15 is 0 Å². The van der Waals surface area contributed by atoms with Crippen LogP contribution in [0.2, 0.25) is 36.3 Å². The van der Waals surface area contributed by atoms with Gasteiger partial charge in [-0.15, -0.1) is 5.06 Å². The number of nitro groups is 8. The van der Waals surface area contributed by atoms with Crippen molar-refractivity contribution in [1.29, 1.82) is 0 Å². The molecule has 10 aromatic rings. The molecule has 0 spiro atoms. The second-order valence-corrected chi connectivity index (χ2v) is 38.6. The van der Waals surface area contributed by atoms with Crippen molar-refractivity contribution in [3.63, 3.8) is 0 Å². The maximum Gasteiger partial charge on any atom is 0.341 e. The van der Waals surface area contributed by atoms with Crippen molar-refractivity contribution in [2.45, 2.75) is 104 Å². The number of hydrogen-bond acceptors (Lipinski definition) is 32. The summed E-state index contributed by atoms with van der Waals surface area (Å²) in [5, 5.41) is 108. The number of rotatable bonds is 19. The van der Waals surface area contributed by atoms with Crippen LogP contribution in [0.1, 0.15) is 117 Å². The number of nitrogens with zero attached hydrogens (tertiary/aromatic N) is 14. The van der Waals surface area contributed by atoms with Crippen LogP contribution in [0.25, 0.3) is 5.52 Å². The van der Waals surface area contributed by atoms with E-state index in [-0.39, 0.29) is 229 Å². The van der Waals surface area contributed by atoms with Crippen molar-refractivity contribution in [3.8, 4) is 17.2 Å². The van der Waals surface area contributed by atoms with Gasteiger partial charge in [0.1, 0.15) is 5.56 Å². The zero-order valence-electron chi connectivity index (χ0n) is 69.7. The van der Waals surface area contributed by atoms with Gasteiger partial charge in [-0.3, -0.25) is 110 Å². The number of fused-ring (bicyclic) bond motifs is 3. The quantitative estimate of drug-likeness (QED) is 0.00989. The van der Waals surface area contributed by atoms with E-state index in [1.165, 1.54) is 71.1 Å². The van der Waals surface area contributed by atoms with E-state index in [0.717, 1.165) is 60.5 Å². The van der Waals surface area contributed by atoms with Gasteiger partial charge in [0.15, 0.2) is 29.0 Å². The van der Waals surface area contributed by atoms with E-state index in [1.54, 1.807) is 28.8 Å². The van der Waals surface area contributed by atoms with Crippen molar-refractivity contribution >= 4 is 113 Å². The Labute approximate surface area is 858 Å². The molecule has 0 bridgehead atoms. The molecule has 127 heavy (non-hydrogen) atoms. The smallest absolute Gasteiger partial charge is 0.341 e. The van der Waals surface area contributed by atoms with Gasteiger partial charge in [-0.2, -0.15) is 11.0 Å². The monoisotopic (exact) mass is 2230 g/mol. The number of ether oxygens (including phenoxy) is 1. The summed E-state index contributed by atoms with van der Waals surface area (Å²) in [6.45, 7) is 26.0. The van der Waals surface area contributed by atoms with Gasteiger partial charge >= 0.3 is 17.3 Å². The van der Waals surface area contributed by atoms with Crippen LogP contribution in [0, 0.1) is 80.9 Å². The first-order valence-corrected chi connectivity index (χ1v) is 41.8. The topological polar surface area (TPSA) is 612 Å². The van der Waals surface area contributed by atoms with Gasteiger partial charge in [0.05, 0.1) is 122 Å². The van der Waals surface area contributed by atoms with E-state index < -0.39 is 125 Å². The summed E-state index contributed by atoms with van der Waals surface area (Å²) in [5.41, 5.74) is 1.53.